The van der Waals surface area contributed by atoms with Gasteiger partial charge in [0.25, 0.3) is 5.56 Å². The van der Waals surface area contributed by atoms with Crippen LogP contribution >= 0.6 is 0 Å². The molecule has 1 fully saturated rings. The molecule has 0 radical (unpaired) electrons. The van der Waals surface area contributed by atoms with Crippen molar-refractivity contribution in [3.8, 4) is 5.75 Å². The van der Waals surface area contributed by atoms with Crippen molar-refractivity contribution < 1.29 is 4.74 Å². The Hall–Kier alpha value is -3.32. The summed E-state index contributed by atoms with van der Waals surface area (Å²) < 4.78 is 7.37. The Balaban J connectivity index is 1.32. The molecule has 2 aromatic carbocycles. The number of nitrogens with one attached hydrogen (secondary N) is 1. The first kappa shape index (κ1) is 20.6. The molecule has 166 valence electrons. The fourth-order valence-electron chi connectivity index (χ4n) is 4.68. The molecule has 0 unspecified atom stereocenters. The number of fused-ring (bicyclic) bond motifs is 3. The molecule has 1 aliphatic rings. The Kier molecular flexibility index (Phi) is 5.57. The van der Waals surface area contributed by atoms with Crippen LogP contribution in [0, 0.1) is 0 Å². The summed E-state index contributed by atoms with van der Waals surface area (Å²) in [4.78, 5) is 26.3. The second-order valence-electron chi connectivity index (χ2n) is 8.23. The number of rotatable bonds is 6. The molecule has 32 heavy (non-hydrogen) atoms. The highest BCUT2D eigenvalue weighted by Gasteiger charge is 2.20. The lowest BCUT2D eigenvalue weighted by molar-refractivity contribution is 0.245. The molecule has 0 aliphatic carbocycles. The lowest BCUT2D eigenvalue weighted by Crippen LogP contribution is -2.47. The largest absolute Gasteiger partial charge is 0.495 e. The van der Waals surface area contributed by atoms with Crippen molar-refractivity contribution in [1.82, 2.24) is 19.4 Å². The number of aromatic amines is 1. The van der Waals surface area contributed by atoms with Gasteiger partial charge in [0.2, 0.25) is 0 Å². The van der Waals surface area contributed by atoms with Crippen LogP contribution in [-0.2, 0) is 13.0 Å². The topological polar surface area (TPSA) is 66.4 Å². The average molecular weight is 432 g/mol. The summed E-state index contributed by atoms with van der Waals surface area (Å²) >= 11 is 0. The van der Waals surface area contributed by atoms with E-state index in [0.29, 0.717) is 12.1 Å². The molecule has 3 heterocycles. The molecular formula is C25H29N5O2. The maximum Gasteiger partial charge on any atom is 0.277 e. The van der Waals surface area contributed by atoms with Crippen LogP contribution in [0.4, 0.5) is 5.69 Å². The first-order valence-corrected chi connectivity index (χ1v) is 11.3. The number of ether oxygens (including phenoxy) is 1. The fraction of sp³-hybridized carbons (Fsp3) is 0.360. The van der Waals surface area contributed by atoms with Crippen LogP contribution in [0.5, 0.6) is 5.75 Å². The normalized spacial score (nSPS) is 15.0. The zero-order valence-electron chi connectivity index (χ0n) is 18.7. The third-order valence-electron chi connectivity index (χ3n) is 6.44. The molecule has 7 heteroatoms. The van der Waals surface area contributed by atoms with Crippen LogP contribution < -0.4 is 15.2 Å². The second kappa shape index (κ2) is 8.67. The third kappa shape index (κ3) is 3.62. The van der Waals surface area contributed by atoms with Crippen molar-refractivity contribution in [3.63, 3.8) is 0 Å². The molecule has 0 bridgehead atoms. The minimum atomic E-state index is 0.0238. The maximum absolute atomic E-state index is 13.3. The van der Waals surface area contributed by atoms with Gasteiger partial charge >= 0.3 is 0 Å². The molecule has 1 N–H and O–H groups in total. The average Bonchev–Trinajstić information content (AvgIpc) is 3.22. The highest BCUT2D eigenvalue weighted by molar-refractivity contribution is 6.04. The molecule has 7 nitrogen and oxygen atoms in total. The third-order valence-corrected chi connectivity index (χ3v) is 6.44. The number of aryl methyl sites for hydroxylation is 1. The number of piperazine rings is 1. The predicted octanol–water partition coefficient (Wildman–Crippen LogP) is 3.27. The van der Waals surface area contributed by atoms with Crippen LogP contribution in [0.1, 0.15) is 12.7 Å². The van der Waals surface area contributed by atoms with Crippen molar-refractivity contribution in [2.45, 2.75) is 19.9 Å². The molecule has 5 rings (SSSR count). The van der Waals surface area contributed by atoms with Crippen LogP contribution in [0.15, 0.2) is 53.3 Å². The van der Waals surface area contributed by atoms with Crippen molar-refractivity contribution in [2.75, 3.05) is 44.7 Å². The van der Waals surface area contributed by atoms with Gasteiger partial charge in [-0.05, 0) is 18.2 Å². The van der Waals surface area contributed by atoms with E-state index >= 15 is 0 Å². The van der Waals surface area contributed by atoms with Crippen LogP contribution in [-0.4, -0.2) is 59.3 Å². The van der Waals surface area contributed by atoms with E-state index in [1.165, 1.54) is 0 Å². The number of aromatic nitrogens is 3. The quantitative estimate of drug-likeness (QED) is 0.508. The summed E-state index contributed by atoms with van der Waals surface area (Å²) in [5.41, 5.74) is 3.51. The van der Waals surface area contributed by atoms with E-state index in [9.17, 15) is 4.79 Å². The first-order valence-electron chi connectivity index (χ1n) is 11.3. The molecule has 1 aliphatic heterocycles. The SMILES string of the molecule is CCc1nc2c([nH]c3ccccc32)c(=O)n1CCN1CCN(c2ccccc2OC)CC1. The summed E-state index contributed by atoms with van der Waals surface area (Å²) in [6, 6.07) is 16.1. The molecule has 4 aromatic rings. The minimum absolute atomic E-state index is 0.0238. The minimum Gasteiger partial charge on any atom is -0.495 e. The Labute approximate surface area is 187 Å². The highest BCUT2D eigenvalue weighted by atomic mass is 16.5. The van der Waals surface area contributed by atoms with Crippen molar-refractivity contribution in [2.24, 2.45) is 0 Å². The van der Waals surface area contributed by atoms with E-state index in [0.717, 1.165) is 72.8 Å². The Morgan fingerprint density at radius 1 is 1.00 bits per heavy atom. The van der Waals surface area contributed by atoms with Crippen molar-refractivity contribution in [1.29, 1.82) is 0 Å². The number of nitrogens with zero attached hydrogens (tertiary/aromatic N) is 4. The summed E-state index contributed by atoms with van der Waals surface area (Å²) in [7, 11) is 1.72. The predicted molar refractivity (Wildman–Crippen MR) is 129 cm³/mol. The van der Waals surface area contributed by atoms with Gasteiger partial charge in [0, 0.05) is 56.6 Å². The molecule has 0 amide bonds. The monoisotopic (exact) mass is 431 g/mol. The number of hydrogen-bond donors (Lipinski definition) is 1. The van der Waals surface area contributed by atoms with E-state index in [-0.39, 0.29) is 5.56 Å². The summed E-state index contributed by atoms with van der Waals surface area (Å²) in [5.74, 6) is 1.76. The van der Waals surface area contributed by atoms with Gasteiger partial charge in [-0.1, -0.05) is 37.3 Å². The smallest absolute Gasteiger partial charge is 0.277 e. The van der Waals surface area contributed by atoms with E-state index in [2.05, 4.69) is 33.8 Å². The highest BCUT2D eigenvalue weighted by Crippen LogP contribution is 2.28. The number of methoxy groups -OCH3 is 1. The van der Waals surface area contributed by atoms with Gasteiger partial charge in [0.1, 0.15) is 22.6 Å². The Bertz CT molecular complexity index is 1300. The number of para-hydroxylation sites is 3. The number of H-pyrrole nitrogens is 1. The lowest BCUT2D eigenvalue weighted by Gasteiger charge is -2.36. The van der Waals surface area contributed by atoms with Crippen LogP contribution in [0.2, 0.25) is 0 Å². The zero-order valence-corrected chi connectivity index (χ0v) is 18.7. The van der Waals surface area contributed by atoms with E-state index in [4.69, 9.17) is 9.72 Å². The van der Waals surface area contributed by atoms with Gasteiger partial charge in [-0.2, -0.15) is 0 Å². The van der Waals surface area contributed by atoms with Crippen molar-refractivity contribution >= 4 is 27.6 Å². The fourth-order valence-corrected chi connectivity index (χ4v) is 4.68. The molecule has 2 aromatic heterocycles. The molecule has 0 spiro atoms. The van der Waals surface area contributed by atoms with Gasteiger partial charge in [-0.3, -0.25) is 14.3 Å². The number of benzene rings is 2. The van der Waals surface area contributed by atoms with Gasteiger partial charge in [-0.15, -0.1) is 0 Å². The zero-order chi connectivity index (χ0) is 22.1. The van der Waals surface area contributed by atoms with E-state index in [1.807, 2.05) is 41.0 Å². The van der Waals surface area contributed by atoms with Gasteiger partial charge in [-0.25, -0.2) is 4.98 Å². The Morgan fingerprint density at radius 3 is 2.53 bits per heavy atom. The molecule has 1 saturated heterocycles. The summed E-state index contributed by atoms with van der Waals surface area (Å²) in [5, 5.41) is 1.01. The maximum atomic E-state index is 13.3. The lowest BCUT2D eigenvalue weighted by atomic mass is 10.2. The van der Waals surface area contributed by atoms with E-state index < -0.39 is 0 Å². The Morgan fingerprint density at radius 2 is 1.75 bits per heavy atom. The van der Waals surface area contributed by atoms with Gasteiger partial charge < -0.3 is 14.6 Å². The number of anilines is 1. The molecular weight excluding hydrogens is 402 g/mol. The van der Waals surface area contributed by atoms with Crippen LogP contribution in [0.3, 0.4) is 0 Å². The van der Waals surface area contributed by atoms with Gasteiger partial charge in [0.05, 0.1) is 12.8 Å². The second-order valence-corrected chi connectivity index (χ2v) is 8.23. The molecule has 0 saturated carbocycles. The van der Waals surface area contributed by atoms with Crippen LogP contribution in [0.25, 0.3) is 21.9 Å². The standard InChI is InChI=1S/C25H29N5O2/c1-3-22-27-23-18-8-4-5-9-19(18)26-24(23)25(31)30(22)17-14-28-12-15-29(16-13-28)20-10-6-7-11-21(20)32-2/h4-11,26H,3,12-17H2,1-2H3. The van der Waals surface area contributed by atoms with Crippen molar-refractivity contribution in [3.05, 3.63) is 64.7 Å². The summed E-state index contributed by atoms with van der Waals surface area (Å²) in [6.45, 7) is 7.33. The first-order chi connectivity index (χ1) is 15.7. The summed E-state index contributed by atoms with van der Waals surface area (Å²) in [6.07, 6.45) is 0.728. The van der Waals surface area contributed by atoms with Gasteiger partial charge in [0.15, 0.2) is 0 Å². The van der Waals surface area contributed by atoms with E-state index in [1.54, 1.807) is 7.11 Å². The molecule has 0 atom stereocenters. The number of hydrogen-bond acceptors (Lipinski definition) is 5.